The molecule has 6 rings (SSSR count). The van der Waals surface area contributed by atoms with Crippen LogP contribution in [0.25, 0.3) is 0 Å². The van der Waals surface area contributed by atoms with Crippen LogP contribution in [0.1, 0.15) is 69.1 Å². The first-order chi connectivity index (χ1) is 26.4. The SMILES string of the molecule is Cc1cccc(CC(=O)N[C@@H](Cc2ccccc2)C(=O)N[C@H]2COC(=O)[C@@H]3C[C@@H](C)CN3C(=O)[C@H](C)NC(=O)[C@@H]3CCCCN3C(=O)[C@@H]3CCCN3C2=O)c1. The second-order valence-electron chi connectivity index (χ2n) is 15.5. The zero-order valence-corrected chi connectivity index (χ0v) is 31.8. The Bertz CT molecular complexity index is 1790. The van der Waals surface area contributed by atoms with Gasteiger partial charge in [-0.2, -0.15) is 0 Å². The quantitative estimate of drug-likeness (QED) is 0.356. The van der Waals surface area contributed by atoms with Crippen molar-refractivity contribution in [3.8, 4) is 0 Å². The van der Waals surface area contributed by atoms with Crippen molar-refractivity contribution in [1.29, 1.82) is 0 Å². The lowest BCUT2D eigenvalue weighted by Gasteiger charge is -2.39. The van der Waals surface area contributed by atoms with Gasteiger partial charge in [0.15, 0.2) is 0 Å². The number of hydrogen-bond donors (Lipinski definition) is 3. The molecule has 14 nitrogen and oxygen atoms in total. The number of rotatable bonds is 7. The Morgan fingerprint density at radius 2 is 1.53 bits per heavy atom. The lowest BCUT2D eigenvalue weighted by atomic mass is 9.99. The highest BCUT2D eigenvalue weighted by atomic mass is 16.5. The molecule has 0 spiro atoms. The summed E-state index contributed by atoms with van der Waals surface area (Å²) in [5, 5.41) is 8.42. The monoisotopic (exact) mass is 756 g/mol. The second-order valence-corrected chi connectivity index (χ2v) is 15.5. The molecule has 4 aliphatic heterocycles. The van der Waals surface area contributed by atoms with Crippen LogP contribution in [0.4, 0.5) is 0 Å². The largest absolute Gasteiger partial charge is 0.461 e. The Morgan fingerprint density at radius 3 is 2.29 bits per heavy atom. The third-order valence-corrected chi connectivity index (χ3v) is 11.1. The molecular formula is C41H52N6O8. The number of carbonyl (C=O) groups is 7. The predicted octanol–water partition coefficient (Wildman–Crippen LogP) is 1.42. The summed E-state index contributed by atoms with van der Waals surface area (Å²) in [5.74, 6) is -3.74. The van der Waals surface area contributed by atoms with Crippen LogP contribution in [0.2, 0.25) is 0 Å². The number of nitrogens with one attached hydrogen (secondary N) is 3. The Kier molecular flexibility index (Phi) is 12.5. The number of esters is 1. The van der Waals surface area contributed by atoms with E-state index in [1.165, 1.54) is 14.7 Å². The number of aryl methyl sites for hydroxylation is 1. The van der Waals surface area contributed by atoms with Gasteiger partial charge in [0.25, 0.3) is 0 Å². The summed E-state index contributed by atoms with van der Waals surface area (Å²) in [7, 11) is 0. The Labute approximate surface area is 321 Å². The van der Waals surface area contributed by atoms with Crippen molar-refractivity contribution in [2.45, 2.75) is 108 Å². The molecule has 4 fully saturated rings. The van der Waals surface area contributed by atoms with E-state index >= 15 is 0 Å². The minimum absolute atomic E-state index is 0.0287. The van der Waals surface area contributed by atoms with Gasteiger partial charge in [0.05, 0.1) is 6.42 Å². The summed E-state index contributed by atoms with van der Waals surface area (Å²) >= 11 is 0. The molecule has 4 saturated heterocycles. The standard InChI is InChI=1S/C41H52N6O8/c1-25-11-9-14-29(19-25)22-35(48)43-30(21-28-12-5-4-6-13-28)36(49)44-31-24-55-41(54)34-20-26(2)23-47(34)38(51)27(3)42-37(50)32-15-7-8-17-45(32)40(53)33-16-10-18-46(33)39(31)52/h4-6,9,11-14,19,26-27,30-34H,7-8,10,15-18,20-24H2,1-3H3,(H,42,50)(H,43,48)(H,44,49)/t26-,27+,30+,31+,32+,33+,34+/m1/s1. The molecule has 4 aliphatic rings. The van der Waals surface area contributed by atoms with Crippen molar-refractivity contribution in [2.75, 3.05) is 26.2 Å². The van der Waals surface area contributed by atoms with Crippen LogP contribution in [0.5, 0.6) is 0 Å². The van der Waals surface area contributed by atoms with Crippen LogP contribution in [-0.4, -0.2) is 119 Å². The van der Waals surface area contributed by atoms with Crippen LogP contribution in [0, 0.1) is 12.8 Å². The van der Waals surface area contributed by atoms with Crippen molar-refractivity contribution in [2.24, 2.45) is 5.92 Å². The number of carbonyl (C=O) groups excluding carboxylic acids is 7. The maximum Gasteiger partial charge on any atom is 0.328 e. The molecule has 0 aromatic heterocycles. The molecule has 0 bridgehead atoms. The van der Waals surface area contributed by atoms with Crippen LogP contribution in [0.3, 0.4) is 0 Å². The summed E-state index contributed by atoms with van der Waals surface area (Å²) in [4.78, 5) is 102. The topological polar surface area (TPSA) is 175 Å². The fourth-order valence-electron chi connectivity index (χ4n) is 8.30. The van der Waals surface area contributed by atoms with Crippen LogP contribution in [0.15, 0.2) is 54.6 Å². The van der Waals surface area contributed by atoms with Gasteiger partial charge in [-0.15, -0.1) is 0 Å². The summed E-state index contributed by atoms with van der Waals surface area (Å²) in [6, 6.07) is 10.5. The smallest absolute Gasteiger partial charge is 0.328 e. The van der Waals surface area contributed by atoms with Gasteiger partial charge >= 0.3 is 5.97 Å². The van der Waals surface area contributed by atoms with Crippen molar-refractivity contribution in [1.82, 2.24) is 30.7 Å². The summed E-state index contributed by atoms with van der Waals surface area (Å²) in [5.41, 5.74) is 2.54. The fraction of sp³-hybridized carbons (Fsp3) is 0.537. The number of benzene rings is 2. The van der Waals surface area contributed by atoms with Gasteiger partial charge in [0.1, 0.15) is 42.9 Å². The number of piperidine rings is 1. The molecule has 0 unspecified atom stereocenters. The van der Waals surface area contributed by atoms with Crippen molar-refractivity contribution >= 4 is 41.4 Å². The predicted molar refractivity (Wildman–Crippen MR) is 201 cm³/mol. The minimum atomic E-state index is -1.41. The Balaban J connectivity index is 1.30. The van der Waals surface area contributed by atoms with Gasteiger partial charge in [0.2, 0.25) is 35.4 Å². The Morgan fingerprint density at radius 1 is 0.818 bits per heavy atom. The molecule has 0 aliphatic carbocycles. The number of amides is 6. The van der Waals surface area contributed by atoms with E-state index in [1.807, 2.05) is 68.4 Å². The van der Waals surface area contributed by atoms with Gasteiger partial charge < -0.3 is 35.4 Å². The number of nitrogens with zero attached hydrogens (tertiary/aromatic N) is 3. The van der Waals surface area contributed by atoms with Crippen molar-refractivity contribution in [3.05, 3.63) is 71.3 Å². The van der Waals surface area contributed by atoms with E-state index in [2.05, 4.69) is 16.0 Å². The lowest BCUT2D eigenvalue weighted by molar-refractivity contribution is -0.158. The van der Waals surface area contributed by atoms with Crippen molar-refractivity contribution in [3.63, 3.8) is 0 Å². The molecule has 2 aromatic rings. The second kappa shape index (κ2) is 17.5. The first-order valence-corrected chi connectivity index (χ1v) is 19.5. The molecule has 0 radical (unpaired) electrons. The third kappa shape index (κ3) is 9.34. The minimum Gasteiger partial charge on any atom is -0.461 e. The van der Waals surface area contributed by atoms with Crippen LogP contribution in [-0.2, 0) is 51.1 Å². The van der Waals surface area contributed by atoms with Gasteiger partial charge in [0, 0.05) is 26.1 Å². The summed E-state index contributed by atoms with van der Waals surface area (Å²) in [6.07, 6.45) is 3.14. The lowest BCUT2D eigenvalue weighted by Crippen LogP contribution is -2.62. The zero-order valence-electron chi connectivity index (χ0n) is 31.8. The summed E-state index contributed by atoms with van der Waals surface area (Å²) < 4.78 is 5.76. The molecule has 14 heteroatoms. The van der Waals surface area contributed by atoms with Gasteiger partial charge in [-0.3, -0.25) is 28.8 Å². The third-order valence-electron chi connectivity index (χ3n) is 11.1. The average molecular weight is 757 g/mol. The molecule has 6 amide bonds. The highest BCUT2D eigenvalue weighted by Gasteiger charge is 2.46. The molecular weight excluding hydrogens is 704 g/mol. The van der Waals surface area contributed by atoms with E-state index in [4.69, 9.17) is 4.74 Å². The Hall–Kier alpha value is -5.27. The van der Waals surface area contributed by atoms with Crippen LogP contribution >= 0.6 is 0 Å². The summed E-state index contributed by atoms with van der Waals surface area (Å²) in [6.45, 7) is 5.66. The molecule has 0 saturated carbocycles. The normalized spacial score (nSPS) is 27.0. The zero-order chi connectivity index (χ0) is 39.2. The molecule has 294 valence electrons. The number of fused-ring (bicyclic) bond motifs is 3. The molecule has 7 atom stereocenters. The number of hydrogen-bond acceptors (Lipinski definition) is 8. The van der Waals surface area contributed by atoms with Gasteiger partial charge in [-0.05, 0) is 69.4 Å². The van der Waals surface area contributed by atoms with E-state index in [9.17, 15) is 33.6 Å². The average Bonchev–Trinajstić information content (AvgIpc) is 3.82. The van der Waals surface area contributed by atoms with Crippen molar-refractivity contribution < 1.29 is 38.3 Å². The number of ether oxygens (including phenoxy) is 1. The van der Waals surface area contributed by atoms with Crippen LogP contribution < -0.4 is 16.0 Å². The molecule has 55 heavy (non-hydrogen) atoms. The molecule has 3 N–H and O–H groups in total. The van der Waals surface area contributed by atoms with E-state index in [0.717, 1.165) is 23.1 Å². The van der Waals surface area contributed by atoms with E-state index in [1.54, 1.807) is 6.92 Å². The first-order valence-electron chi connectivity index (χ1n) is 19.5. The van der Waals surface area contributed by atoms with Gasteiger partial charge in [-0.25, -0.2) is 4.79 Å². The van der Waals surface area contributed by atoms with E-state index in [-0.39, 0.29) is 37.8 Å². The maximum atomic E-state index is 14.5. The maximum absolute atomic E-state index is 14.5. The van der Waals surface area contributed by atoms with Gasteiger partial charge in [-0.1, -0.05) is 67.1 Å². The van der Waals surface area contributed by atoms with E-state index in [0.29, 0.717) is 38.6 Å². The fourth-order valence-corrected chi connectivity index (χ4v) is 8.30. The molecule has 4 heterocycles. The highest BCUT2D eigenvalue weighted by Crippen LogP contribution is 2.28. The number of cyclic esters (lactones) is 1. The highest BCUT2D eigenvalue weighted by molar-refractivity contribution is 5.98. The molecule has 2 aromatic carbocycles. The van der Waals surface area contributed by atoms with E-state index < -0.39 is 78.4 Å². The first kappa shape index (κ1) is 39.4.